The highest BCUT2D eigenvalue weighted by Gasteiger charge is 2.28. The van der Waals surface area contributed by atoms with E-state index in [-0.39, 0.29) is 5.78 Å². The third-order valence-electron chi connectivity index (χ3n) is 3.83. The van der Waals surface area contributed by atoms with Gasteiger partial charge in [-0.3, -0.25) is 4.79 Å². The molecule has 98 valence electrons. The summed E-state index contributed by atoms with van der Waals surface area (Å²) in [5.74, 6) is 0.237. The molecule has 1 atom stereocenters. The minimum atomic E-state index is 0.237. The van der Waals surface area contributed by atoms with Gasteiger partial charge >= 0.3 is 0 Å². The fourth-order valence-electron chi connectivity index (χ4n) is 2.80. The molecule has 1 fully saturated rings. The molecule has 1 aliphatic heterocycles. The Morgan fingerprint density at radius 1 is 1.33 bits per heavy atom. The smallest absolute Gasteiger partial charge is 0.186 e. The summed E-state index contributed by atoms with van der Waals surface area (Å²) in [5, 5.41) is 1.05. The molecular weight excluding hydrogens is 246 g/mol. The van der Waals surface area contributed by atoms with Gasteiger partial charge in [0.2, 0.25) is 0 Å². The number of thiazole rings is 1. The van der Waals surface area contributed by atoms with E-state index in [2.05, 4.69) is 28.8 Å². The first kappa shape index (κ1) is 12.1. The molecule has 5 heteroatoms. The zero-order chi connectivity index (χ0) is 12.7. The van der Waals surface area contributed by atoms with Crippen molar-refractivity contribution in [1.29, 1.82) is 0 Å². The van der Waals surface area contributed by atoms with Crippen LogP contribution in [0.15, 0.2) is 0 Å². The van der Waals surface area contributed by atoms with Gasteiger partial charge in [-0.1, -0.05) is 0 Å². The summed E-state index contributed by atoms with van der Waals surface area (Å²) in [7, 11) is 2.16. The van der Waals surface area contributed by atoms with Crippen LogP contribution in [0, 0.1) is 0 Å². The predicted octanol–water partition coefficient (Wildman–Crippen LogP) is 1.80. The van der Waals surface area contributed by atoms with Gasteiger partial charge in [0.1, 0.15) is 5.69 Å². The average Bonchev–Trinajstić information content (AvgIpc) is 2.74. The maximum Gasteiger partial charge on any atom is 0.186 e. The number of anilines is 1. The van der Waals surface area contributed by atoms with E-state index in [1.54, 1.807) is 11.3 Å². The van der Waals surface area contributed by atoms with Crippen LogP contribution >= 0.6 is 11.3 Å². The van der Waals surface area contributed by atoms with Crippen LogP contribution < -0.4 is 4.90 Å². The zero-order valence-corrected chi connectivity index (χ0v) is 11.8. The first-order valence-electron chi connectivity index (χ1n) is 6.63. The molecule has 0 aromatic carbocycles. The number of carbonyl (C=O) groups excluding carboxylic acids is 1. The van der Waals surface area contributed by atoms with Crippen molar-refractivity contribution in [1.82, 2.24) is 9.88 Å². The number of piperazine rings is 1. The van der Waals surface area contributed by atoms with Gasteiger partial charge in [-0.15, -0.1) is 11.3 Å². The monoisotopic (exact) mass is 265 g/mol. The number of fused-ring (bicyclic) bond motifs is 1. The van der Waals surface area contributed by atoms with E-state index in [4.69, 9.17) is 0 Å². The van der Waals surface area contributed by atoms with Crippen molar-refractivity contribution in [3.8, 4) is 0 Å². The van der Waals surface area contributed by atoms with Crippen molar-refractivity contribution in [2.45, 2.75) is 32.2 Å². The number of aromatic nitrogens is 1. The van der Waals surface area contributed by atoms with Crippen LogP contribution in [0.5, 0.6) is 0 Å². The van der Waals surface area contributed by atoms with E-state index in [0.717, 1.165) is 43.3 Å². The van der Waals surface area contributed by atoms with Crippen molar-refractivity contribution >= 4 is 22.3 Å². The molecule has 1 aliphatic carbocycles. The Kier molecular flexibility index (Phi) is 3.11. The average molecular weight is 265 g/mol. The lowest BCUT2D eigenvalue weighted by Gasteiger charge is -2.38. The van der Waals surface area contributed by atoms with Crippen LogP contribution in [0.3, 0.4) is 0 Å². The summed E-state index contributed by atoms with van der Waals surface area (Å²) in [6.07, 6.45) is 2.70. The second kappa shape index (κ2) is 4.63. The third-order valence-corrected chi connectivity index (χ3v) is 4.99. The molecule has 2 aliphatic rings. The fourth-order valence-corrected chi connectivity index (χ4v) is 4.05. The number of rotatable bonds is 1. The van der Waals surface area contributed by atoms with E-state index in [1.807, 2.05) is 0 Å². The van der Waals surface area contributed by atoms with Crippen molar-refractivity contribution in [3.05, 3.63) is 10.6 Å². The number of hydrogen-bond donors (Lipinski definition) is 0. The van der Waals surface area contributed by atoms with Gasteiger partial charge in [0.15, 0.2) is 10.9 Å². The molecule has 0 bridgehead atoms. The standard InChI is InChI=1S/C13H19N3OS/c1-9-8-15(2)6-7-16(9)13-14-12-10(17)4-3-5-11(12)18-13/h9H,3-8H2,1-2H3. The number of carbonyl (C=O) groups is 1. The van der Waals surface area contributed by atoms with Gasteiger partial charge in [-0.05, 0) is 26.8 Å². The van der Waals surface area contributed by atoms with Gasteiger partial charge in [-0.25, -0.2) is 4.98 Å². The summed E-state index contributed by atoms with van der Waals surface area (Å²) in [6.45, 7) is 5.39. The normalized spacial score (nSPS) is 25.3. The van der Waals surface area contributed by atoms with Crippen molar-refractivity contribution in [2.75, 3.05) is 31.6 Å². The quantitative estimate of drug-likeness (QED) is 0.776. The molecule has 1 saturated heterocycles. The van der Waals surface area contributed by atoms with E-state index < -0.39 is 0 Å². The minimum absolute atomic E-state index is 0.237. The Balaban J connectivity index is 1.86. The Morgan fingerprint density at radius 2 is 2.17 bits per heavy atom. The van der Waals surface area contributed by atoms with Crippen molar-refractivity contribution < 1.29 is 4.79 Å². The molecule has 1 aromatic heterocycles. The second-order valence-corrected chi connectivity index (χ2v) is 6.41. The van der Waals surface area contributed by atoms with Crippen molar-refractivity contribution in [3.63, 3.8) is 0 Å². The Bertz CT molecular complexity index is 471. The zero-order valence-electron chi connectivity index (χ0n) is 11.0. The molecular formula is C13H19N3OS. The number of aryl methyl sites for hydroxylation is 1. The Labute approximate surface area is 112 Å². The molecule has 0 spiro atoms. The van der Waals surface area contributed by atoms with E-state index in [1.165, 1.54) is 4.88 Å². The molecule has 3 rings (SSSR count). The minimum Gasteiger partial charge on any atom is -0.343 e. The van der Waals surface area contributed by atoms with Crippen LogP contribution in [0.4, 0.5) is 5.13 Å². The molecule has 1 aromatic rings. The van der Waals surface area contributed by atoms with Gasteiger partial charge in [-0.2, -0.15) is 0 Å². The molecule has 18 heavy (non-hydrogen) atoms. The van der Waals surface area contributed by atoms with Gasteiger partial charge in [0.25, 0.3) is 0 Å². The summed E-state index contributed by atoms with van der Waals surface area (Å²) < 4.78 is 0. The van der Waals surface area contributed by atoms with E-state index >= 15 is 0 Å². The summed E-state index contributed by atoms with van der Waals surface area (Å²) >= 11 is 1.73. The van der Waals surface area contributed by atoms with Crippen LogP contribution in [0.1, 0.15) is 35.1 Å². The van der Waals surface area contributed by atoms with Gasteiger partial charge < -0.3 is 9.80 Å². The van der Waals surface area contributed by atoms with Crippen LogP contribution in [-0.4, -0.2) is 48.4 Å². The summed E-state index contributed by atoms with van der Waals surface area (Å²) in [5.41, 5.74) is 0.757. The first-order chi connectivity index (χ1) is 8.65. The molecule has 0 N–H and O–H groups in total. The topological polar surface area (TPSA) is 36.4 Å². The lowest BCUT2D eigenvalue weighted by atomic mass is 10.0. The largest absolute Gasteiger partial charge is 0.343 e. The summed E-state index contributed by atoms with van der Waals surface area (Å²) in [6, 6.07) is 0.478. The van der Waals surface area contributed by atoms with Crippen LogP contribution in [-0.2, 0) is 6.42 Å². The third kappa shape index (κ3) is 2.06. The highest BCUT2D eigenvalue weighted by molar-refractivity contribution is 7.16. The highest BCUT2D eigenvalue weighted by Crippen LogP contribution is 2.33. The van der Waals surface area contributed by atoms with E-state index in [9.17, 15) is 4.79 Å². The predicted molar refractivity (Wildman–Crippen MR) is 73.7 cm³/mol. The molecule has 0 radical (unpaired) electrons. The Hall–Kier alpha value is -0.940. The second-order valence-electron chi connectivity index (χ2n) is 5.35. The summed E-state index contributed by atoms with van der Waals surface area (Å²) in [4.78, 5) is 22.3. The maximum atomic E-state index is 11.8. The lowest BCUT2D eigenvalue weighted by molar-refractivity contribution is 0.0968. The Morgan fingerprint density at radius 3 is 2.89 bits per heavy atom. The number of nitrogens with zero attached hydrogens (tertiary/aromatic N) is 3. The van der Waals surface area contributed by atoms with Gasteiger partial charge in [0, 0.05) is 37.0 Å². The van der Waals surface area contributed by atoms with Crippen molar-refractivity contribution in [2.24, 2.45) is 0 Å². The van der Waals surface area contributed by atoms with E-state index in [0.29, 0.717) is 12.5 Å². The molecule has 0 amide bonds. The highest BCUT2D eigenvalue weighted by atomic mass is 32.1. The lowest BCUT2D eigenvalue weighted by Crippen LogP contribution is -2.50. The number of Topliss-reactive ketones (excluding diaryl/α,β-unsaturated/α-hetero) is 1. The van der Waals surface area contributed by atoms with Gasteiger partial charge in [0.05, 0.1) is 0 Å². The fraction of sp³-hybridized carbons (Fsp3) is 0.692. The molecule has 1 unspecified atom stereocenters. The molecule has 4 nitrogen and oxygen atoms in total. The number of likely N-dealkylation sites (N-methyl/N-ethyl adjacent to an activating group) is 1. The first-order valence-corrected chi connectivity index (χ1v) is 7.45. The SMILES string of the molecule is CC1CN(C)CCN1c1nc2c(s1)CCCC2=O. The van der Waals surface area contributed by atoms with Crippen LogP contribution in [0.25, 0.3) is 0 Å². The maximum absolute atomic E-state index is 11.8. The number of ketones is 1. The molecule has 0 saturated carbocycles. The molecule has 2 heterocycles. The van der Waals surface area contributed by atoms with Crippen LogP contribution in [0.2, 0.25) is 0 Å². The number of hydrogen-bond acceptors (Lipinski definition) is 5.